The Labute approximate surface area is 71.4 Å². The molecule has 1 rings (SSSR count). The van der Waals surface area contributed by atoms with Crippen LogP contribution in [0.1, 0.15) is 0 Å². The molecule has 3 N–H and O–H groups in total. The maximum absolute atomic E-state index is 5.56. The number of rotatable bonds is 3. The number of benzene rings is 1. The van der Waals surface area contributed by atoms with E-state index in [1.807, 2.05) is 24.3 Å². The van der Waals surface area contributed by atoms with Gasteiger partial charge in [-0.3, -0.25) is 0 Å². The molecule has 0 bridgehead atoms. The highest BCUT2D eigenvalue weighted by atomic mass is 35.5. The van der Waals surface area contributed by atoms with E-state index in [0.717, 1.165) is 17.9 Å². The molecule has 3 heteroatoms. The number of nitrogens with two attached hydrogens (primary N) is 1. The van der Waals surface area contributed by atoms with E-state index in [0.29, 0.717) is 5.88 Å². The Kier molecular flexibility index (Phi) is 3.05. The van der Waals surface area contributed by atoms with Gasteiger partial charge in [-0.05, 0) is 18.2 Å². The zero-order valence-electron chi connectivity index (χ0n) is 6.18. The third kappa shape index (κ3) is 2.68. The van der Waals surface area contributed by atoms with E-state index in [2.05, 4.69) is 5.32 Å². The molecule has 2 nitrogen and oxygen atoms in total. The first-order chi connectivity index (χ1) is 5.33. The highest BCUT2D eigenvalue weighted by Gasteiger charge is 1.89. The Morgan fingerprint density at radius 1 is 1.45 bits per heavy atom. The van der Waals surface area contributed by atoms with E-state index < -0.39 is 0 Å². The predicted octanol–water partition coefficient (Wildman–Crippen LogP) is 1.92. The Balaban J connectivity index is 2.56. The van der Waals surface area contributed by atoms with Crippen molar-refractivity contribution in [3.05, 3.63) is 24.3 Å². The topological polar surface area (TPSA) is 38.0 Å². The van der Waals surface area contributed by atoms with Crippen LogP contribution in [0, 0.1) is 0 Å². The molecule has 11 heavy (non-hydrogen) atoms. The molecule has 0 atom stereocenters. The molecule has 0 spiro atoms. The molecule has 0 saturated heterocycles. The molecule has 0 unspecified atom stereocenters. The van der Waals surface area contributed by atoms with Crippen LogP contribution in [0.5, 0.6) is 0 Å². The van der Waals surface area contributed by atoms with Crippen LogP contribution in [0.2, 0.25) is 0 Å². The van der Waals surface area contributed by atoms with Crippen LogP contribution >= 0.6 is 11.6 Å². The number of nitrogens with one attached hydrogen (secondary N) is 1. The number of hydrogen-bond acceptors (Lipinski definition) is 2. The summed E-state index contributed by atoms with van der Waals surface area (Å²) in [4.78, 5) is 0. The van der Waals surface area contributed by atoms with Gasteiger partial charge < -0.3 is 11.1 Å². The van der Waals surface area contributed by atoms with Gasteiger partial charge in [0.1, 0.15) is 0 Å². The molecule has 0 aliphatic carbocycles. The molecule has 0 radical (unpaired) electrons. The number of anilines is 2. The number of alkyl halides is 1. The Morgan fingerprint density at radius 3 is 2.91 bits per heavy atom. The van der Waals surface area contributed by atoms with Crippen LogP contribution in [-0.4, -0.2) is 12.4 Å². The van der Waals surface area contributed by atoms with E-state index in [1.165, 1.54) is 0 Å². The molecule has 0 aliphatic heterocycles. The second-order valence-corrected chi connectivity index (χ2v) is 2.62. The van der Waals surface area contributed by atoms with Gasteiger partial charge in [-0.1, -0.05) is 6.07 Å². The molecule has 60 valence electrons. The van der Waals surface area contributed by atoms with Crippen molar-refractivity contribution in [2.45, 2.75) is 0 Å². The highest BCUT2D eigenvalue weighted by molar-refractivity contribution is 6.18. The van der Waals surface area contributed by atoms with Crippen molar-refractivity contribution >= 4 is 23.0 Å². The Hall–Kier alpha value is -0.890. The fourth-order valence-electron chi connectivity index (χ4n) is 0.840. The summed E-state index contributed by atoms with van der Waals surface area (Å²) < 4.78 is 0. The zero-order valence-corrected chi connectivity index (χ0v) is 6.93. The number of halogens is 1. The molecule has 0 aliphatic rings. The maximum atomic E-state index is 5.56. The molecule has 0 fully saturated rings. The molecule has 1 aromatic carbocycles. The van der Waals surface area contributed by atoms with Gasteiger partial charge in [0.15, 0.2) is 0 Å². The van der Waals surface area contributed by atoms with Gasteiger partial charge in [-0.15, -0.1) is 11.6 Å². The SMILES string of the molecule is Nc1cccc(NCCCl)c1. The normalized spacial score (nSPS) is 9.55. The van der Waals surface area contributed by atoms with E-state index >= 15 is 0 Å². The molecular formula is C8H11ClN2. The van der Waals surface area contributed by atoms with Gasteiger partial charge in [-0.25, -0.2) is 0 Å². The first kappa shape index (κ1) is 8.21. The minimum Gasteiger partial charge on any atom is -0.399 e. The van der Waals surface area contributed by atoms with Gasteiger partial charge in [0.25, 0.3) is 0 Å². The third-order valence-corrected chi connectivity index (χ3v) is 1.50. The zero-order chi connectivity index (χ0) is 8.10. The lowest BCUT2D eigenvalue weighted by molar-refractivity contribution is 1.22. The van der Waals surface area contributed by atoms with E-state index in [4.69, 9.17) is 17.3 Å². The first-order valence-corrected chi connectivity index (χ1v) is 4.02. The minimum absolute atomic E-state index is 0.606. The van der Waals surface area contributed by atoms with E-state index in [-0.39, 0.29) is 0 Å². The summed E-state index contributed by atoms with van der Waals surface area (Å²) in [6.07, 6.45) is 0. The second-order valence-electron chi connectivity index (χ2n) is 2.24. The van der Waals surface area contributed by atoms with Gasteiger partial charge in [0, 0.05) is 23.8 Å². The first-order valence-electron chi connectivity index (χ1n) is 3.48. The third-order valence-electron chi connectivity index (χ3n) is 1.31. The predicted molar refractivity (Wildman–Crippen MR) is 50.1 cm³/mol. The van der Waals surface area contributed by atoms with E-state index in [1.54, 1.807) is 0 Å². The summed E-state index contributed by atoms with van der Waals surface area (Å²) >= 11 is 5.50. The fraction of sp³-hybridized carbons (Fsp3) is 0.250. The summed E-state index contributed by atoms with van der Waals surface area (Å²) in [6, 6.07) is 7.60. The second kappa shape index (κ2) is 4.09. The smallest absolute Gasteiger partial charge is 0.0396 e. The average molecular weight is 171 g/mol. The largest absolute Gasteiger partial charge is 0.399 e. The fourth-order valence-corrected chi connectivity index (χ4v) is 0.935. The van der Waals surface area contributed by atoms with Gasteiger partial charge in [0.05, 0.1) is 0 Å². The monoisotopic (exact) mass is 170 g/mol. The van der Waals surface area contributed by atoms with Crippen molar-refractivity contribution in [1.29, 1.82) is 0 Å². The van der Waals surface area contributed by atoms with Crippen molar-refractivity contribution < 1.29 is 0 Å². The number of nitrogen functional groups attached to an aromatic ring is 1. The van der Waals surface area contributed by atoms with Crippen LogP contribution in [-0.2, 0) is 0 Å². The van der Waals surface area contributed by atoms with Crippen molar-refractivity contribution in [3.63, 3.8) is 0 Å². The molecule has 1 aromatic rings. The maximum Gasteiger partial charge on any atom is 0.0396 e. The molecule has 0 heterocycles. The lowest BCUT2D eigenvalue weighted by Crippen LogP contribution is -2.02. The summed E-state index contributed by atoms with van der Waals surface area (Å²) in [7, 11) is 0. The van der Waals surface area contributed by atoms with Crippen LogP contribution < -0.4 is 11.1 Å². The molecule has 0 amide bonds. The average Bonchev–Trinajstić information content (AvgIpc) is 2.01. The van der Waals surface area contributed by atoms with Crippen LogP contribution in [0.3, 0.4) is 0 Å². The van der Waals surface area contributed by atoms with Crippen LogP contribution in [0.4, 0.5) is 11.4 Å². The summed E-state index contributed by atoms with van der Waals surface area (Å²) in [5, 5.41) is 3.12. The summed E-state index contributed by atoms with van der Waals surface area (Å²) in [5.74, 6) is 0.606. The van der Waals surface area contributed by atoms with E-state index in [9.17, 15) is 0 Å². The summed E-state index contributed by atoms with van der Waals surface area (Å²) in [6.45, 7) is 0.769. The van der Waals surface area contributed by atoms with Crippen molar-refractivity contribution in [2.24, 2.45) is 0 Å². The van der Waals surface area contributed by atoms with Crippen molar-refractivity contribution in [3.8, 4) is 0 Å². The van der Waals surface area contributed by atoms with Crippen molar-refractivity contribution in [2.75, 3.05) is 23.5 Å². The van der Waals surface area contributed by atoms with Crippen LogP contribution in [0.15, 0.2) is 24.3 Å². The molecular weight excluding hydrogens is 160 g/mol. The summed E-state index contributed by atoms with van der Waals surface area (Å²) in [5.41, 5.74) is 7.34. The molecule has 0 saturated carbocycles. The van der Waals surface area contributed by atoms with Gasteiger partial charge in [-0.2, -0.15) is 0 Å². The van der Waals surface area contributed by atoms with Crippen molar-refractivity contribution in [1.82, 2.24) is 0 Å². The molecule has 0 aromatic heterocycles. The minimum atomic E-state index is 0.606. The quantitative estimate of drug-likeness (QED) is 0.538. The highest BCUT2D eigenvalue weighted by Crippen LogP contribution is 2.10. The van der Waals surface area contributed by atoms with Gasteiger partial charge in [0.2, 0.25) is 0 Å². The Bertz CT molecular complexity index is 225. The number of hydrogen-bond donors (Lipinski definition) is 2. The lowest BCUT2D eigenvalue weighted by Gasteiger charge is -2.03. The van der Waals surface area contributed by atoms with Gasteiger partial charge >= 0.3 is 0 Å². The standard InChI is InChI=1S/C8H11ClN2/c9-4-5-11-8-3-1-2-7(10)6-8/h1-3,6,11H,4-5,10H2. The Morgan fingerprint density at radius 2 is 2.27 bits per heavy atom. The van der Waals surface area contributed by atoms with Crippen LogP contribution in [0.25, 0.3) is 0 Å². The lowest BCUT2D eigenvalue weighted by atomic mass is 10.3.